The van der Waals surface area contributed by atoms with E-state index in [1.54, 1.807) is 0 Å². The highest BCUT2D eigenvalue weighted by atomic mass is 16.6. The fraction of sp³-hybridized carbons (Fsp3) is 0.956. The van der Waals surface area contributed by atoms with Gasteiger partial charge in [-0.15, -0.1) is 0 Å². The minimum atomic E-state index is -0.764. The molecular weight excluding hydrogens is 913 g/mol. The minimum Gasteiger partial charge on any atom is -0.462 e. The van der Waals surface area contributed by atoms with Crippen molar-refractivity contribution in [3.8, 4) is 0 Å². The van der Waals surface area contributed by atoms with Crippen LogP contribution in [-0.2, 0) is 28.6 Å². The van der Waals surface area contributed by atoms with Crippen molar-refractivity contribution in [2.24, 2.45) is 11.8 Å². The summed E-state index contributed by atoms with van der Waals surface area (Å²) in [5.74, 6) is 0.921. The van der Waals surface area contributed by atoms with Gasteiger partial charge in [-0.1, -0.05) is 349 Å². The topological polar surface area (TPSA) is 78.9 Å². The van der Waals surface area contributed by atoms with Gasteiger partial charge in [0.1, 0.15) is 13.2 Å². The van der Waals surface area contributed by atoms with Gasteiger partial charge in [0.2, 0.25) is 0 Å². The third-order valence-electron chi connectivity index (χ3n) is 16.1. The van der Waals surface area contributed by atoms with E-state index in [2.05, 4.69) is 34.6 Å². The second-order valence-electron chi connectivity index (χ2n) is 24.2. The maximum Gasteiger partial charge on any atom is 0.306 e. The van der Waals surface area contributed by atoms with Crippen molar-refractivity contribution in [3.05, 3.63) is 0 Å². The van der Waals surface area contributed by atoms with Crippen LogP contribution >= 0.6 is 0 Å². The van der Waals surface area contributed by atoms with Crippen LogP contribution in [0.15, 0.2) is 0 Å². The Bertz CT molecular complexity index is 1140. The second-order valence-corrected chi connectivity index (χ2v) is 24.2. The van der Waals surface area contributed by atoms with Crippen molar-refractivity contribution >= 4 is 17.9 Å². The summed E-state index contributed by atoms with van der Waals surface area (Å²) in [7, 11) is 0. The van der Waals surface area contributed by atoms with Crippen LogP contribution in [-0.4, -0.2) is 37.2 Å². The Morgan fingerprint density at radius 2 is 0.514 bits per heavy atom. The monoisotopic (exact) mass is 1050 g/mol. The fourth-order valence-electron chi connectivity index (χ4n) is 10.6. The molecule has 0 N–H and O–H groups in total. The van der Waals surface area contributed by atoms with Gasteiger partial charge in [-0.05, 0) is 31.1 Å². The summed E-state index contributed by atoms with van der Waals surface area (Å²) in [5.41, 5.74) is 0. The molecule has 0 bridgehead atoms. The SMILES string of the molecule is CCCCCCCCCCCCCCCCCCCCC(=O)OC[C@H](COC(=O)CCCCCCCCCCCCCCCC(C)C)OC(=O)CCCCCCCCCCCCCCCCCCCCC(C)CC. The molecule has 6 heteroatoms. The maximum atomic E-state index is 12.9. The van der Waals surface area contributed by atoms with Gasteiger partial charge in [0.25, 0.3) is 0 Å². The highest BCUT2D eigenvalue weighted by molar-refractivity contribution is 5.71. The minimum absolute atomic E-state index is 0.0615. The van der Waals surface area contributed by atoms with Crippen LogP contribution < -0.4 is 0 Å². The van der Waals surface area contributed by atoms with Gasteiger partial charge in [0.05, 0.1) is 0 Å². The number of ether oxygens (including phenoxy) is 3. The Balaban J connectivity index is 4.27. The molecule has 0 fully saturated rings. The van der Waals surface area contributed by atoms with E-state index >= 15 is 0 Å². The van der Waals surface area contributed by atoms with Crippen LogP contribution in [0.1, 0.15) is 388 Å². The summed E-state index contributed by atoms with van der Waals surface area (Å²) < 4.78 is 17.0. The van der Waals surface area contributed by atoms with E-state index in [-0.39, 0.29) is 31.1 Å². The molecular formula is C68H132O6. The molecule has 0 saturated carbocycles. The quantitative estimate of drug-likeness (QED) is 0.0343. The highest BCUT2D eigenvalue weighted by Crippen LogP contribution is 2.20. The van der Waals surface area contributed by atoms with Gasteiger partial charge < -0.3 is 14.2 Å². The maximum absolute atomic E-state index is 12.9. The zero-order chi connectivity index (χ0) is 53.9. The van der Waals surface area contributed by atoms with Crippen LogP contribution in [0.3, 0.4) is 0 Å². The summed E-state index contributed by atoms with van der Waals surface area (Å²) in [6, 6.07) is 0. The molecule has 0 aliphatic heterocycles. The summed E-state index contributed by atoms with van der Waals surface area (Å²) in [6.45, 7) is 11.5. The lowest BCUT2D eigenvalue weighted by Gasteiger charge is -2.18. The lowest BCUT2D eigenvalue weighted by atomic mass is 9.99. The lowest BCUT2D eigenvalue weighted by molar-refractivity contribution is -0.167. The van der Waals surface area contributed by atoms with E-state index in [0.717, 1.165) is 69.6 Å². The normalized spacial score (nSPS) is 12.4. The third-order valence-corrected chi connectivity index (χ3v) is 16.1. The number of unbranched alkanes of at least 4 members (excludes halogenated alkanes) is 46. The van der Waals surface area contributed by atoms with Crippen molar-refractivity contribution in [2.45, 2.75) is 394 Å². The molecule has 440 valence electrons. The van der Waals surface area contributed by atoms with Crippen LogP contribution in [0.25, 0.3) is 0 Å². The van der Waals surface area contributed by atoms with Crippen LogP contribution in [0.2, 0.25) is 0 Å². The van der Waals surface area contributed by atoms with Gasteiger partial charge in [0, 0.05) is 19.3 Å². The standard InChI is InChI=1S/C68H132O6/c1-6-8-9-10-11-12-13-14-15-16-20-23-28-33-38-43-48-53-58-66(69)72-61-65(62-73-67(70)59-54-49-44-39-34-30-25-26-31-36-41-46-51-56-63(3)4)74-68(71)60-55-50-45-40-35-29-24-21-18-17-19-22-27-32-37-42-47-52-57-64(5)7-2/h63-65H,6-62H2,1-5H3/t64?,65-/m1/s1. The molecule has 0 rings (SSSR count). The van der Waals surface area contributed by atoms with E-state index in [1.165, 1.54) is 276 Å². The number of rotatable bonds is 62. The lowest BCUT2D eigenvalue weighted by Crippen LogP contribution is -2.30. The van der Waals surface area contributed by atoms with Gasteiger partial charge in [0.15, 0.2) is 6.10 Å². The molecule has 0 aromatic heterocycles. The van der Waals surface area contributed by atoms with Crippen molar-refractivity contribution in [2.75, 3.05) is 13.2 Å². The first kappa shape index (κ1) is 72.4. The van der Waals surface area contributed by atoms with Gasteiger partial charge in [-0.2, -0.15) is 0 Å². The van der Waals surface area contributed by atoms with Crippen molar-refractivity contribution in [1.29, 1.82) is 0 Å². The Labute approximate surface area is 463 Å². The molecule has 0 aromatic rings. The Morgan fingerprint density at radius 3 is 0.770 bits per heavy atom. The average molecular weight is 1050 g/mol. The van der Waals surface area contributed by atoms with Crippen LogP contribution in [0.5, 0.6) is 0 Å². The third kappa shape index (κ3) is 59.7. The smallest absolute Gasteiger partial charge is 0.306 e. The Kier molecular flexibility index (Phi) is 59.3. The first-order valence-corrected chi connectivity index (χ1v) is 33.8. The van der Waals surface area contributed by atoms with Crippen molar-refractivity contribution < 1.29 is 28.6 Å². The molecule has 74 heavy (non-hydrogen) atoms. The number of hydrogen-bond acceptors (Lipinski definition) is 6. The van der Waals surface area contributed by atoms with Crippen LogP contribution in [0, 0.1) is 11.8 Å². The largest absolute Gasteiger partial charge is 0.462 e. The zero-order valence-electron chi connectivity index (χ0n) is 51.0. The molecule has 2 atom stereocenters. The Morgan fingerprint density at radius 1 is 0.284 bits per heavy atom. The predicted molar refractivity (Wildman–Crippen MR) is 321 cm³/mol. The van der Waals surface area contributed by atoms with Gasteiger partial charge in [-0.25, -0.2) is 0 Å². The van der Waals surface area contributed by atoms with Gasteiger partial charge >= 0.3 is 17.9 Å². The molecule has 0 aliphatic carbocycles. The van der Waals surface area contributed by atoms with Crippen LogP contribution in [0.4, 0.5) is 0 Å². The summed E-state index contributed by atoms with van der Waals surface area (Å²) in [5, 5.41) is 0. The number of hydrogen-bond donors (Lipinski definition) is 0. The second kappa shape index (κ2) is 60.6. The molecule has 0 aromatic carbocycles. The van der Waals surface area contributed by atoms with E-state index in [4.69, 9.17) is 14.2 Å². The molecule has 0 aliphatic rings. The molecule has 0 amide bonds. The molecule has 0 radical (unpaired) electrons. The number of carbonyl (C=O) groups excluding carboxylic acids is 3. The van der Waals surface area contributed by atoms with Gasteiger partial charge in [-0.3, -0.25) is 14.4 Å². The molecule has 0 spiro atoms. The fourth-order valence-corrected chi connectivity index (χ4v) is 10.6. The number of carbonyl (C=O) groups is 3. The van der Waals surface area contributed by atoms with E-state index < -0.39 is 6.10 Å². The predicted octanol–water partition coefficient (Wildman–Crippen LogP) is 22.8. The molecule has 6 nitrogen and oxygen atoms in total. The summed E-state index contributed by atoms with van der Waals surface area (Å²) in [6.07, 6.45) is 68.2. The first-order valence-electron chi connectivity index (χ1n) is 33.8. The van der Waals surface area contributed by atoms with Crippen molar-refractivity contribution in [3.63, 3.8) is 0 Å². The van der Waals surface area contributed by atoms with E-state index in [9.17, 15) is 14.4 Å². The first-order chi connectivity index (χ1) is 36.3. The number of esters is 3. The molecule has 1 unspecified atom stereocenters. The van der Waals surface area contributed by atoms with E-state index in [0.29, 0.717) is 19.3 Å². The zero-order valence-corrected chi connectivity index (χ0v) is 51.0. The summed E-state index contributed by atoms with van der Waals surface area (Å²) in [4.78, 5) is 38.4. The summed E-state index contributed by atoms with van der Waals surface area (Å²) >= 11 is 0. The Hall–Kier alpha value is -1.59. The molecule has 0 saturated heterocycles. The highest BCUT2D eigenvalue weighted by Gasteiger charge is 2.20. The molecule has 0 heterocycles. The van der Waals surface area contributed by atoms with Crippen molar-refractivity contribution in [1.82, 2.24) is 0 Å². The average Bonchev–Trinajstić information content (AvgIpc) is 3.39. The van der Waals surface area contributed by atoms with E-state index in [1.807, 2.05) is 0 Å².